The maximum atomic E-state index is 13.0. The molecule has 0 unspecified atom stereocenters. The van der Waals surface area contributed by atoms with Crippen LogP contribution in [0.1, 0.15) is 45.8 Å². The van der Waals surface area contributed by atoms with Crippen LogP contribution in [0.4, 0.5) is 5.13 Å². The fraction of sp³-hybridized carbons (Fsp3) is 0.391. The second-order valence-electron chi connectivity index (χ2n) is 8.13. The molecule has 162 valence electrons. The van der Waals surface area contributed by atoms with Crippen molar-refractivity contribution in [3.05, 3.63) is 63.9 Å². The average Bonchev–Trinajstić information content (AvgIpc) is 3.31. The van der Waals surface area contributed by atoms with E-state index in [0.717, 1.165) is 22.6 Å². The van der Waals surface area contributed by atoms with Crippen molar-refractivity contribution in [1.82, 2.24) is 19.7 Å². The molecule has 3 heterocycles. The Hall–Kier alpha value is -3.00. The number of likely N-dealkylation sites (tertiary alicyclic amines) is 1. The zero-order chi connectivity index (χ0) is 22.0. The van der Waals surface area contributed by atoms with Crippen molar-refractivity contribution >= 4 is 28.3 Å². The number of benzene rings is 1. The second-order valence-corrected chi connectivity index (χ2v) is 8.99. The Kier molecular flexibility index (Phi) is 6.18. The zero-order valence-corrected chi connectivity index (χ0v) is 18.9. The number of rotatable bonds is 5. The number of aryl methyl sites for hydroxylation is 3. The van der Waals surface area contributed by atoms with Gasteiger partial charge in [-0.2, -0.15) is 5.10 Å². The first-order chi connectivity index (χ1) is 14.9. The van der Waals surface area contributed by atoms with Crippen LogP contribution in [0.3, 0.4) is 0 Å². The standard InChI is InChI=1S/C23H27N5O2S/c1-15-11-17(3)28(26-15)13-18-5-4-6-20(12-18)22(30)27-9-7-19(8-10-27)21(29)25-23-24-16(2)14-31-23/h4-6,11-12,14,19H,7-10,13H2,1-3H3,(H,24,25,29). The van der Waals surface area contributed by atoms with Gasteiger partial charge in [-0.15, -0.1) is 11.3 Å². The highest BCUT2D eigenvalue weighted by Gasteiger charge is 2.28. The Balaban J connectivity index is 1.35. The molecule has 4 rings (SSSR count). The maximum absolute atomic E-state index is 13.0. The van der Waals surface area contributed by atoms with Gasteiger partial charge < -0.3 is 10.2 Å². The molecule has 0 atom stereocenters. The molecule has 1 aliphatic heterocycles. The van der Waals surface area contributed by atoms with Gasteiger partial charge in [-0.05, 0) is 57.4 Å². The molecule has 1 fully saturated rings. The minimum atomic E-state index is -0.0920. The zero-order valence-electron chi connectivity index (χ0n) is 18.1. The molecule has 0 spiro atoms. The van der Waals surface area contributed by atoms with Crippen molar-refractivity contribution in [2.45, 2.75) is 40.2 Å². The van der Waals surface area contributed by atoms with E-state index in [1.807, 2.05) is 66.1 Å². The van der Waals surface area contributed by atoms with Gasteiger partial charge in [0.1, 0.15) is 0 Å². The maximum Gasteiger partial charge on any atom is 0.253 e. The van der Waals surface area contributed by atoms with Gasteiger partial charge in [0.2, 0.25) is 5.91 Å². The molecule has 0 saturated carbocycles. The van der Waals surface area contributed by atoms with Gasteiger partial charge in [-0.1, -0.05) is 12.1 Å². The summed E-state index contributed by atoms with van der Waals surface area (Å²) in [4.78, 5) is 31.7. The van der Waals surface area contributed by atoms with Gasteiger partial charge >= 0.3 is 0 Å². The summed E-state index contributed by atoms with van der Waals surface area (Å²) in [6.07, 6.45) is 1.32. The van der Waals surface area contributed by atoms with E-state index in [9.17, 15) is 9.59 Å². The van der Waals surface area contributed by atoms with Crippen LogP contribution in [0.15, 0.2) is 35.7 Å². The fourth-order valence-electron chi connectivity index (χ4n) is 3.96. The molecule has 0 bridgehead atoms. The van der Waals surface area contributed by atoms with Crippen LogP contribution in [-0.2, 0) is 11.3 Å². The van der Waals surface area contributed by atoms with E-state index in [4.69, 9.17) is 0 Å². The number of aromatic nitrogens is 3. The molecule has 0 radical (unpaired) electrons. The third-order valence-electron chi connectivity index (χ3n) is 5.61. The summed E-state index contributed by atoms with van der Waals surface area (Å²) in [5.74, 6) is -0.0800. The lowest BCUT2D eigenvalue weighted by Gasteiger charge is -2.31. The van der Waals surface area contributed by atoms with Crippen molar-refractivity contribution in [3.8, 4) is 0 Å². The van der Waals surface area contributed by atoms with Gasteiger partial charge in [-0.3, -0.25) is 14.3 Å². The number of carbonyl (C=O) groups is 2. The molecule has 1 saturated heterocycles. The van der Waals surface area contributed by atoms with E-state index in [0.29, 0.717) is 43.2 Å². The lowest BCUT2D eigenvalue weighted by atomic mass is 9.95. The molecule has 31 heavy (non-hydrogen) atoms. The van der Waals surface area contributed by atoms with Gasteiger partial charge in [0.25, 0.3) is 5.91 Å². The number of nitrogens with zero attached hydrogens (tertiary/aromatic N) is 4. The van der Waals surface area contributed by atoms with E-state index >= 15 is 0 Å². The van der Waals surface area contributed by atoms with E-state index < -0.39 is 0 Å². The largest absolute Gasteiger partial charge is 0.339 e. The number of thiazole rings is 1. The first-order valence-electron chi connectivity index (χ1n) is 10.5. The van der Waals surface area contributed by atoms with E-state index in [1.165, 1.54) is 11.3 Å². The molecule has 7 nitrogen and oxygen atoms in total. The van der Waals surface area contributed by atoms with E-state index in [1.54, 1.807) is 0 Å². The highest BCUT2D eigenvalue weighted by molar-refractivity contribution is 7.13. The van der Waals surface area contributed by atoms with Gasteiger partial charge in [0.15, 0.2) is 5.13 Å². The van der Waals surface area contributed by atoms with Crippen molar-refractivity contribution in [2.24, 2.45) is 5.92 Å². The summed E-state index contributed by atoms with van der Waals surface area (Å²) in [5, 5.41) is 9.96. The van der Waals surface area contributed by atoms with Crippen LogP contribution in [-0.4, -0.2) is 44.6 Å². The van der Waals surface area contributed by atoms with Gasteiger partial charge in [-0.25, -0.2) is 4.98 Å². The normalized spacial score (nSPS) is 14.6. The highest BCUT2D eigenvalue weighted by Crippen LogP contribution is 2.23. The average molecular weight is 438 g/mol. The molecule has 2 amide bonds. The van der Waals surface area contributed by atoms with Crippen molar-refractivity contribution in [3.63, 3.8) is 0 Å². The number of hydrogen-bond acceptors (Lipinski definition) is 5. The lowest BCUT2D eigenvalue weighted by Crippen LogP contribution is -2.41. The van der Waals surface area contributed by atoms with Gasteiger partial charge in [0, 0.05) is 35.6 Å². The Bertz CT molecular complexity index is 1100. The van der Waals surface area contributed by atoms with Crippen LogP contribution < -0.4 is 5.32 Å². The lowest BCUT2D eigenvalue weighted by molar-refractivity contribution is -0.121. The Morgan fingerprint density at radius 3 is 2.55 bits per heavy atom. The summed E-state index contributed by atoms with van der Waals surface area (Å²) >= 11 is 1.43. The Morgan fingerprint density at radius 1 is 1.13 bits per heavy atom. The SMILES string of the molecule is Cc1csc(NC(=O)C2CCN(C(=O)c3cccc(Cn4nc(C)cc4C)c3)CC2)n1. The predicted molar refractivity (Wildman–Crippen MR) is 121 cm³/mol. The smallest absolute Gasteiger partial charge is 0.253 e. The third kappa shape index (κ3) is 5.02. The molecular weight excluding hydrogens is 410 g/mol. The number of carbonyl (C=O) groups excluding carboxylic acids is 2. The fourth-order valence-corrected chi connectivity index (χ4v) is 4.65. The van der Waals surface area contributed by atoms with Crippen LogP contribution in [0.5, 0.6) is 0 Å². The van der Waals surface area contributed by atoms with E-state index in [-0.39, 0.29) is 17.7 Å². The summed E-state index contributed by atoms with van der Waals surface area (Å²) in [7, 11) is 0. The molecule has 8 heteroatoms. The molecule has 3 aromatic rings. The predicted octanol–water partition coefficient (Wildman–Crippen LogP) is 3.80. The first kappa shape index (κ1) is 21.2. The Labute approximate surface area is 186 Å². The Morgan fingerprint density at radius 2 is 1.90 bits per heavy atom. The monoisotopic (exact) mass is 437 g/mol. The van der Waals surface area contributed by atoms with Crippen molar-refractivity contribution in [1.29, 1.82) is 0 Å². The minimum Gasteiger partial charge on any atom is -0.339 e. The number of amides is 2. The van der Waals surface area contributed by atoms with Crippen molar-refractivity contribution < 1.29 is 9.59 Å². The van der Waals surface area contributed by atoms with Crippen LogP contribution >= 0.6 is 11.3 Å². The second kappa shape index (κ2) is 9.01. The van der Waals surface area contributed by atoms with Crippen LogP contribution in [0, 0.1) is 26.7 Å². The summed E-state index contributed by atoms with van der Waals surface area (Å²) in [5.41, 5.74) is 4.72. The number of piperidine rings is 1. The van der Waals surface area contributed by atoms with Gasteiger partial charge in [0.05, 0.1) is 17.9 Å². The summed E-state index contributed by atoms with van der Waals surface area (Å²) in [6.45, 7) is 7.71. The van der Waals surface area contributed by atoms with Crippen molar-refractivity contribution in [2.75, 3.05) is 18.4 Å². The molecule has 1 aromatic carbocycles. The number of hydrogen-bond donors (Lipinski definition) is 1. The third-order valence-corrected chi connectivity index (χ3v) is 6.49. The molecule has 2 aromatic heterocycles. The summed E-state index contributed by atoms with van der Waals surface area (Å²) in [6, 6.07) is 9.79. The van der Waals surface area contributed by atoms with Crippen LogP contribution in [0.2, 0.25) is 0 Å². The quantitative estimate of drug-likeness (QED) is 0.658. The topological polar surface area (TPSA) is 80.1 Å². The number of nitrogens with one attached hydrogen (secondary N) is 1. The molecule has 1 aliphatic rings. The van der Waals surface area contributed by atoms with E-state index in [2.05, 4.69) is 15.4 Å². The summed E-state index contributed by atoms with van der Waals surface area (Å²) < 4.78 is 1.95. The molecule has 1 N–H and O–H groups in total. The molecular formula is C23H27N5O2S. The van der Waals surface area contributed by atoms with Crippen LogP contribution in [0.25, 0.3) is 0 Å². The molecule has 0 aliphatic carbocycles. The minimum absolute atomic E-state index is 0.00617. The highest BCUT2D eigenvalue weighted by atomic mass is 32.1. The first-order valence-corrected chi connectivity index (χ1v) is 11.4. The number of anilines is 1.